The summed E-state index contributed by atoms with van der Waals surface area (Å²) in [6.07, 6.45) is 8.55. The molecule has 2 unspecified atom stereocenters. The van der Waals surface area contributed by atoms with Crippen molar-refractivity contribution in [3.8, 4) is 0 Å². The average Bonchev–Trinajstić information content (AvgIpc) is 3.16. The van der Waals surface area contributed by atoms with Gasteiger partial charge in [-0.3, -0.25) is 4.90 Å². The minimum Gasteiger partial charge on any atom is -0.395 e. The predicted octanol–water partition coefficient (Wildman–Crippen LogP) is 2.59. The first-order chi connectivity index (χ1) is 11.3. The molecule has 0 bridgehead atoms. The van der Waals surface area contributed by atoms with E-state index in [9.17, 15) is 5.11 Å². The van der Waals surface area contributed by atoms with Crippen LogP contribution in [0.5, 0.6) is 0 Å². The lowest BCUT2D eigenvalue weighted by atomic mass is 9.93. The van der Waals surface area contributed by atoms with Crippen LogP contribution in [0.1, 0.15) is 54.6 Å². The Kier molecular flexibility index (Phi) is 6.45. The molecule has 1 aliphatic carbocycles. The normalized spacial score (nSPS) is 25.0. The van der Waals surface area contributed by atoms with Gasteiger partial charge in [0.25, 0.3) is 0 Å². The van der Waals surface area contributed by atoms with Crippen molar-refractivity contribution in [1.29, 1.82) is 0 Å². The van der Waals surface area contributed by atoms with Gasteiger partial charge in [-0.15, -0.1) is 11.3 Å². The number of likely N-dealkylation sites (tertiary alicyclic amines) is 1. The van der Waals surface area contributed by atoms with E-state index in [1.165, 1.54) is 67.1 Å². The molecule has 0 spiro atoms. The highest BCUT2D eigenvalue weighted by Crippen LogP contribution is 2.29. The summed E-state index contributed by atoms with van der Waals surface area (Å²) in [7, 11) is 0. The second kappa shape index (κ2) is 8.56. The maximum Gasteiger partial charge on any atom is 0.107 e. The summed E-state index contributed by atoms with van der Waals surface area (Å²) < 4.78 is 0. The zero-order chi connectivity index (χ0) is 16.1. The number of aliphatic hydroxyl groups is 1. The van der Waals surface area contributed by atoms with Gasteiger partial charge in [0.2, 0.25) is 0 Å². The number of hydrogen-bond acceptors (Lipinski definition) is 5. The Morgan fingerprint density at radius 1 is 1.35 bits per heavy atom. The first kappa shape index (κ1) is 17.3. The highest BCUT2D eigenvalue weighted by molar-refractivity contribution is 7.11. The first-order valence-electron chi connectivity index (χ1n) is 9.29. The number of rotatable bonds is 8. The van der Waals surface area contributed by atoms with Crippen LogP contribution in [0.15, 0.2) is 0 Å². The van der Waals surface area contributed by atoms with E-state index >= 15 is 0 Å². The van der Waals surface area contributed by atoms with E-state index < -0.39 is 0 Å². The fourth-order valence-electron chi connectivity index (χ4n) is 3.83. The number of nitrogens with zero attached hydrogens (tertiary/aromatic N) is 2. The predicted molar refractivity (Wildman–Crippen MR) is 95.9 cm³/mol. The van der Waals surface area contributed by atoms with E-state index in [2.05, 4.69) is 17.1 Å². The van der Waals surface area contributed by atoms with E-state index in [1.807, 2.05) is 11.3 Å². The highest BCUT2D eigenvalue weighted by atomic mass is 32.1. The number of hydrogen-bond donors (Lipinski definition) is 2. The number of fused-ring (bicyclic) bond motifs is 1. The van der Waals surface area contributed by atoms with E-state index in [0.717, 1.165) is 25.6 Å². The van der Waals surface area contributed by atoms with Crippen molar-refractivity contribution in [2.75, 3.05) is 26.2 Å². The number of aliphatic hydroxyl groups excluding tert-OH is 1. The van der Waals surface area contributed by atoms with Gasteiger partial charge in [0.15, 0.2) is 0 Å². The van der Waals surface area contributed by atoms with Crippen LogP contribution >= 0.6 is 11.3 Å². The lowest BCUT2D eigenvalue weighted by Gasteiger charge is -2.22. The molecule has 5 heteroatoms. The molecular weight excluding hydrogens is 306 g/mol. The summed E-state index contributed by atoms with van der Waals surface area (Å²) in [5, 5.41) is 14.1. The molecule has 1 fully saturated rings. The second-order valence-corrected chi connectivity index (χ2v) is 8.39. The van der Waals surface area contributed by atoms with Crippen molar-refractivity contribution in [2.24, 2.45) is 5.92 Å². The van der Waals surface area contributed by atoms with E-state index in [-0.39, 0.29) is 0 Å². The molecule has 0 saturated carbocycles. The first-order valence-corrected chi connectivity index (χ1v) is 10.1. The van der Waals surface area contributed by atoms with Crippen molar-refractivity contribution in [3.63, 3.8) is 0 Å². The minimum absolute atomic E-state index is 0.325. The zero-order valence-corrected chi connectivity index (χ0v) is 15.2. The molecule has 3 rings (SSSR count). The SMILES string of the molecule is CC1CCc2nc(CNCCCCN3CCCC3CO)sc2C1. The van der Waals surface area contributed by atoms with Gasteiger partial charge in [-0.25, -0.2) is 4.98 Å². The van der Waals surface area contributed by atoms with Crippen molar-refractivity contribution in [1.82, 2.24) is 15.2 Å². The summed E-state index contributed by atoms with van der Waals surface area (Å²) >= 11 is 1.92. The summed E-state index contributed by atoms with van der Waals surface area (Å²) in [5.74, 6) is 0.831. The molecule has 0 radical (unpaired) electrons. The van der Waals surface area contributed by atoms with Crippen LogP contribution < -0.4 is 5.32 Å². The summed E-state index contributed by atoms with van der Waals surface area (Å²) in [6, 6.07) is 0.423. The van der Waals surface area contributed by atoms with Gasteiger partial charge in [-0.05, 0) is 70.5 Å². The number of nitrogens with one attached hydrogen (secondary N) is 1. The highest BCUT2D eigenvalue weighted by Gasteiger charge is 2.22. The molecule has 2 aliphatic rings. The molecular formula is C18H31N3OS. The fraction of sp³-hybridized carbons (Fsp3) is 0.833. The molecule has 2 atom stereocenters. The van der Waals surface area contributed by atoms with Crippen molar-refractivity contribution >= 4 is 11.3 Å². The molecule has 1 aliphatic heterocycles. The molecule has 1 aromatic rings. The maximum absolute atomic E-state index is 9.33. The van der Waals surface area contributed by atoms with Crippen LogP contribution in [-0.4, -0.2) is 47.3 Å². The molecule has 1 aromatic heterocycles. The van der Waals surface area contributed by atoms with Crippen LogP contribution in [-0.2, 0) is 19.4 Å². The van der Waals surface area contributed by atoms with Gasteiger partial charge in [0.05, 0.1) is 12.3 Å². The van der Waals surface area contributed by atoms with Gasteiger partial charge in [-0.2, -0.15) is 0 Å². The fourth-order valence-corrected chi connectivity index (χ4v) is 5.07. The zero-order valence-electron chi connectivity index (χ0n) is 14.4. The topological polar surface area (TPSA) is 48.4 Å². The number of aromatic nitrogens is 1. The molecule has 130 valence electrons. The van der Waals surface area contributed by atoms with Gasteiger partial charge < -0.3 is 10.4 Å². The molecule has 2 N–H and O–H groups in total. The van der Waals surface area contributed by atoms with Gasteiger partial charge in [-0.1, -0.05) is 6.92 Å². The lowest BCUT2D eigenvalue weighted by molar-refractivity contribution is 0.157. The number of unbranched alkanes of at least 4 members (excludes halogenated alkanes) is 1. The summed E-state index contributed by atoms with van der Waals surface area (Å²) in [5.41, 5.74) is 1.37. The number of thiazole rings is 1. The van der Waals surface area contributed by atoms with Gasteiger partial charge in [0.1, 0.15) is 5.01 Å². The van der Waals surface area contributed by atoms with Crippen LogP contribution in [0, 0.1) is 5.92 Å². The summed E-state index contributed by atoms with van der Waals surface area (Å²) in [6.45, 7) is 6.97. The summed E-state index contributed by atoms with van der Waals surface area (Å²) in [4.78, 5) is 8.79. The molecule has 23 heavy (non-hydrogen) atoms. The lowest BCUT2D eigenvalue weighted by Crippen LogP contribution is -2.33. The van der Waals surface area contributed by atoms with Crippen molar-refractivity contribution in [3.05, 3.63) is 15.6 Å². The molecule has 0 amide bonds. The number of aryl methyl sites for hydroxylation is 1. The Balaban J connectivity index is 1.30. The smallest absolute Gasteiger partial charge is 0.107 e. The van der Waals surface area contributed by atoms with E-state index in [4.69, 9.17) is 4.98 Å². The standard InChI is InChI=1S/C18H31N3OS/c1-14-6-7-16-17(11-14)23-18(20-16)12-19-8-2-3-9-21-10-4-5-15(21)13-22/h14-15,19,22H,2-13H2,1H3. The molecule has 0 aromatic carbocycles. The van der Waals surface area contributed by atoms with E-state index in [1.54, 1.807) is 0 Å². The van der Waals surface area contributed by atoms with Crippen LogP contribution in [0.25, 0.3) is 0 Å². The largest absolute Gasteiger partial charge is 0.395 e. The van der Waals surface area contributed by atoms with Gasteiger partial charge >= 0.3 is 0 Å². The molecule has 1 saturated heterocycles. The Bertz CT molecular complexity index is 491. The Morgan fingerprint density at radius 2 is 2.26 bits per heavy atom. The minimum atomic E-state index is 0.325. The quantitative estimate of drug-likeness (QED) is 0.716. The van der Waals surface area contributed by atoms with Crippen molar-refractivity contribution < 1.29 is 5.11 Å². The third kappa shape index (κ3) is 4.75. The van der Waals surface area contributed by atoms with Crippen LogP contribution in [0.3, 0.4) is 0 Å². The third-order valence-electron chi connectivity index (χ3n) is 5.27. The van der Waals surface area contributed by atoms with Crippen molar-refractivity contribution in [2.45, 2.75) is 64.5 Å². The average molecular weight is 338 g/mol. The maximum atomic E-state index is 9.33. The van der Waals surface area contributed by atoms with E-state index in [0.29, 0.717) is 12.6 Å². The van der Waals surface area contributed by atoms with Gasteiger partial charge in [0, 0.05) is 17.5 Å². The second-order valence-electron chi connectivity index (χ2n) is 7.22. The monoisotopic (exact) mass is 337 g/mol. The Labute approximate surface area is 144 Å². The van der Waals surface area contributed by atoms with Crippen LogP contribution in [0.2, 0.25) is 0 Å². The molecule has 4 nitrogen and oxygen atoms in total. The van der Waals surface area contributed by atoms with Crippen LogP contribution in [0.4, 0.5) is 0 Å². The Hall–Kier alpha value is -0.490. The molecule has 2 heterocycles. The Morgan fingerprint density at radius 3 is 3.13 bits per heavy atom. The third-order valence-corrected chi connectivity index (χ3v) is 6.39.